The molecule has 0 aliphatic carbocycles. The summed E-state index contributed by atoms with van der Waals surface area (Å²) in [6, 6.07) is 10.2. The van der Waals surface area contributed by atoms with Crippen LogP contribution in [-0.2, 0) is 35.1 Å². The first-order valence-electron chi connectivity index (χ1n) is 10.5. The van der Waals surface area contributed by atoms with Crippen LogP contribution < -0.4 is 0 Å². The lowest BCUT2D eigenvalue weighted by Gasteiger charge is -2.19. The summed E-state index contributed by atoms with van der Waals surface area (Å²) in [6.07, 6.45) is 2.87. The van der Waals surface area contributed by atoms with E-state index in [1.165, 1.54) is 5.56 Å². The third-order valence-corrected chi connectivity index (χ3v) is 3.71. The van der Waals surface area contributed by atoms with Crippen LogP contribution in [0.25, 0.3) is 0 Å². The Bertz CT molecular complexity index is 512. The topological polar surface area (TPSA) is 63.2 Å². The Labute approximate surface area is 175 Å². The van der Waals surface area contributed by atoms with Gasteiger partial charge in [0.25, 0.3) is 0 Å². The summed E-state index contributed by atoms with van der Waals surface area (Å²) in [5, 5.41) is 0. The molecule has 0 N–H and O–H groups in total. The molecule has 0 spiro atoms. The van der Waals surface area contributed by atoms with Crippen LogP contribution in [0.3, 0.4) is 0 Å². The number of carbonyl (C=O) groups is 1. The molecular formula is C23H38O6. The van der Waals surface area contributed by atoms with Gasteiger partial charge in [-0.1, -0.05) is 30.3 Å². The molecule has 166 valence electrons. The van der Waals surface area contributed by atoms with Crippen LogP contribution in [0.1, 0.15) is 52.0 Å². The van der Waals surface area contributed by atoms with Gasteiger partial charge in [-0.25, -0.2) is 0 Å². The Morgan fingerprint density at radius 3 is 1.72 bits per heavy atom. The zero-order valence-corrected chi connectivity index (χ0v) is 18.3. The first-order valence-corrected chi connectivity index (χ1v) is 10.5. The van der Waals surface area contributed by atoms with Crippen molar-refractivity contribution >= 4 is 5.97 Å². The third-order valence-electron chi connectivity index (χ3n) is 3.71. The first kappa shape index (κ1) is 25.6. The molecule has 1 rings (SSSR count). The minimum atomic E-state index is -0.440. The Balaban J connectivity index is 1.74. The lowest BCUT2D eigenvalue weighted by Crippen LogP contribution is -2.24. The van der Waals surface area contributed by atoms with E-state index in [0.717, 1.165) is 19.3 Å². The molecule has 6 heteroatoms. The average Bonchev–Trinajstić information content (AvgIpc) is 2.67. The lowest BCUT2D eigenvalue weighted by molar-refractivity contribution is -0.156. The number of benzene rings is 1. The molecule has 29 heavy (non-hydrogen) atoms. The molecule has 0 amide bonds. The molecule has 0 saturated carbocycles. The molecule has 0 heterocycles. The smallest absolute Gasteiger partial charge is 0.308 e. The highest BCUT2D eigenvalue weighted by Crippen LogP contribution is 2.08. The van der Waals surface area contributed by atoms with Crippen molar-refractivity contribution in [2.24, 2.45) is 0 Å². The van der Waals surface area contributed by atoms with E-state index in [4.69, 9.17) is 23.7 Å². The molecule has 0 radical (unpaired) electrons. The van der Waals surface area contributed by atoms with Crippen molar-refractivity contribution in [3.63, 3.8) is 0 Å². The second-order valence-corrected chi connectivity index (χ2v) is 7.77. The third kappa shape index (κ3) is 17.1. The summed E-state index contributed by atoms with van der Waals surface area (Å²) in [7, 11) is 0. The zero-order chi connectivity index (χ0) is 21.2. The fraction of sp³-hybridized carbons (Fsp3) is 0.696. The minimum Gasteiger partial charge on any atom is -0.460 e. The molecule has 1 aromatic carbocycles. The first-order chi connectivity index (χ1) is 14.0. The Morgan fingerprint density at radius 1 is 0.724 bits per heavy atom. The van der Waals surface area contributed by atoms with Crippen LogP contribution >= 0.6 is 0 Å². The lowest BCUT2D eigenvalue weighted by atomic mass is 10.2. The van der Waals surface area contributed by atoms with E-state index >= 15 is 0 Å². The molecular weight excluding hydrogens is 372 g/mol. The Morgan fingerprint density at radius 2 is 1.21 bits per heavy atom. The fourth-order valence-corrected chi connectivity index (χ4v) is 2.41. The molecule has 1 aromatic rings. The van der Waals surface area contributed by atoms with Crippen LogP contribution in [0, 0.1) is 0 Å². The quantitative estimate of drug-likeness (QED) is 0.284. The van der Waals surface area contributed by atoms with E-state index in [9.17, 15) is 4.79 Å². The highest BCUT2D eigenvalue weighted by Gasteiger charge is 2.15. The fourth-order valence-electron chi connectivity index (χ4n) is 2.41. The molecule has 0 aromatic heterocycles. The van der Waals surface area contributed by atoms with Gasteiger partial charge >= 0.3 is 5.97 Å². The molecule has 0 fully saturated rings. The molecule has 0 bridgehead atoms. The number of hydrogen-bond donors (Lipinski definition) is 0. The molecule has 0 unspecified atom stereocenters. The maximum atomic E-state index is 11.5. The number of rotatable bonds is 17. The molecule has 0 aliphatic heterocycles. The van der Waals surface area contributed by atoms with Crippen molar-refractivity contribution in [3.8, 4) is 0 Å². The van der Waals surface area contributed by atoms with Crippen LogP contribution in [0.5, 0.6) is 0 Å². The number of esters is 1. The highest BCUT2D eigenvalue weighted by atomic mass is 16.6. The number of hydrogen-bond acceptors (Lipinski definition) is 6. The van der Waals surface area contributed by atoms with E-state index in [0.29, 0.717) is 52.9 Å². The van der Waals surface area contributed by atoms with E-state index in [1.807, 2.05) is 39.0 Å². The van der Waals surface area contributed by atoms with Gasteiger partial charge in [0.2, 0.25) is 0 Å². The predicted octanol–water partition coefficient (Wildman–Crippen LogP) is 4.16. The van der Waals surface area contributed by atoms with E-state index < -0.39 is 5.60 Å². The standard InChI is InChI=1S/C23H38O6/c1-23(2,3)29-22(24)12-19-27-17-8-15-25-13-7-14-26-16-9-18-28-20-21-10-5-4-6-11-21/h4-6,10-11H,7-9,12-20H2,1-3H3. The average molecular weight is 411 g/mol. The summed E-state index contributed by atoms with van der Waals surface area (Å²) in [5.41, 5.74) is 0.754. The maximum Gasteiger partial charge on any atom is 0.308 e. The van der Waals surface area contributed by atoms with Gasteiger partial charge < -0.3 is 23.7 Å². The Hall–Kier alpha value is -1.47. The molecule has 6 nitrogen and oxygen atoms in total. The van der Waals surface area contributed by atoms with Crippen LogP contribution in [0.2, 0.25) is 0 Å². The second kappa shape index (κ2) is 16.3. The van der Waals surface area contributed by atoms with Crippen molar-refractivity contribution in [3.05, 3.63) is 35.9 Å². The molecule has 0 saturated heterocycles. The second-order valence-electron chi connectivity index (χ2n) is 7.77. The molecule has 0 atom stereocenters. The van der Waals surface area contributed by atoms with Gasteiger partial charge in [-0.05, 0) is 45.6 Å². The van der Waals surface area contributed by atoms with Crippen molar-refractivity contribution in [2.45, 2.75) is 58.7 Å². The van der Waals surface area contributed by atoms with Gasteiger partial charge in [0.15, 0.2) is 0 Å². The largest absolute Gasteiger partial charge is 0.460 e. The number of ether oxygens (including phenoxy) is 5. The molecule has 0 aliphatic rings. The predicted molar refractivity (Wildman–Crippen MR) is 113 cm³/mol. The van der Waals surface area contributed by atoms with E-state index in [-0.39, 0.29) is 12.4 Å². The maximum absolute atomic E-state index is 11.5. The summed E-state index contributed by atoms with van der Waals surface area (Å²) in [4.78, 5) is 11.5. The zero-order valence-electron chi connectivity index (χ0n) is 18.3. The Kier molecular flexibility index (Phi) is 14.4. The minimum absolute atomic E-state index is 0.225. The SMILES string of the molecule is CC(C)(C)OC(=O)CCOCCCOCCCOCCCOCc1ccccc1. The van der Waals surface area contributed by atoms with Gasteiger partial charge in [0, 0.05) is 39.6 Å². The summed E-state index contributed by atoms with van der Waals surface area (Å²) < 4.78 is 27.4. The van der Waals surface area contributed by atoms with E-state index in [1.54, 1.807) is 0 Å². The van der Waals surface area contributed by atoms with Gasteiger partial charge in [0.05, 0.1) is 19.6 Å². The highest BCUT2D eigenvalue weighted by molar-refractivity contribution is 5.69. The van der Waals surface area contributed by atoms with Gasteiger partial charge in [-0.2, -0.15) is 0 Å². The van der Waals surface area contributed by atoms with Crippen molar-refractivity contribution in [1.29, 1.82) is 0 Å². The summed E-state index contributed by atoms with van der Waals surface area (Å²) in [6.45, 7) is 10.6. The number of carbonyl (C=O) groups excluding carboxylic acids is 1. The van der Waals surface area contributed by atoms with Crippen LogP contribution in [0.15, 0.2) is 30.3 Å². The van der Waals surface area contributed by atoms with Crippen LogP contribution in [-0.4, -0.2) is 57.8 Å². The van der Waals surface area contributed by atoms with E-state index in [2.05, 4.69) is 12.1 Å². The van der Waals surface area contributed by atoms with Gasteiger partial charge in [-0.3, -0.25) is 4.79 Å². The summed E-state index contributed by atoms with van der Waals surface area (Å²) >= 11 is 0. The van der Waals surface area contributed by atoms with Crippen molar-refractivity contribution < 1.29 is 28.5 Å². The van der Waals surface area contributed by atoms with Gasteiger partial charge in [-0.15, -0.1) is 0 Å². The summed E-state index contributed by atoms with van der Waals surface area (Å²) in [5.74, 6) is -0.225. The monoisotopic (exact) mass is 410 g/mol. The van der Waals surface area contributed by atoms with Gasteiger partial charge in [0.1, 0.15) is 5.60 Å². The van der Waals surface area contributed by atoms with Crippen molar-refractivity contribution in [1.82, 2.24) is 0 Å². The normalized spacial score (nSPS) is 11.6. The van der Waals surface area contributed by atoms with Crippen LogP contribution in [0.4, 0.5) is 0 Å². The van der Waals surface area contributed by atoms with Crippen molar-refractivity contribution in [2.75, 3.05) is 46.2 Å².